The van der Waals surface area contributed by atoms with Crippen molar-refractivity contribution in [3.63, 3.8) is 0 Å². The third kappa shape index (κ3) is 4.07. The van der Waals surface area contributed by atoms with Crippen LogP contribution in [0.2, 0.25) is 0 Å². The summed E-state index contributed by atoms with van der Waals surface area (Å²) in [5.74, 6) is 0.0419. The lowest BCUT2D eigenvalue weighted by Crippen LogP contribution is -2.39. The molecule has 4 nitrogen and oxygen atoms in total. The molecular weight excluding hydrogens is 360 g/mol. The summed E-state index contributed by atoms with van der Waals surface area (Å²) >= 11 is 0. The first-order chi connectivity index (χ1) is 14.2. The Balaban J connectivity index is 1.59. The third-order valence-electron chi connectivity index (χ3n) is 6.52. The zero-order valence-electron chi connectivity index (χ0n) is 17.0. The normalized spacial score (nSPS) is 18.8. The van der Waals surface area contributed by atoms with Crippen molar-refractivity contribution >= 4 is 17.5 Å². The number of hydrogen-bond donors (Lipinski definition) is 1. The summed E-state index contributed by atoms with van der Waals surface area (Å²) < 4.78 is 0. The maximum absolute atomic E-state index is 13.5. The average molecular weight is 391 g/mol. The van der Waals surface area contributed by atoms with Gasteiger partial charge in [0.1, 0.15) is 0 Å². The number of likely N-dealkylation sites (tertiary alicyclic amines) is 1. The van der Waals surface area contributed by atoms with Gasteiger partial charge in [-0.1, -0.05) is 68.1 Å². The molecule has 0 atom stereocenters. The van der Waals surface area contributed by atoms with Crippen LogP contribution in [-0.4, -0.2) is 29.8 Å². The SMILES string of the molecule is O=C(c1ccccc1NC(=O)C1(c2ccccc2)CCCC1)N1CCCCCC1. The number of carbonyl (C=O) groups is 2. The highest BCUT2D eigenvalue weighted by Crippen LogP contribution is 2.42. The predicted molar refractivity (Wildman–Crippen MR) is 116 cm³/mol. The van der Waals surface area contributed by atoms with Crippen LogP contribution in [0.15, 0.2) is 54.6 Å². The molecule has 0 bridgehead atoms. The van der Waals surface area contributed by atoms with Crippen LogP contribution in [0.3, 0.4) is 0 Å². The Kier molecular flexibility index (Phi) is 5.98. The van der Waals surface area contributed by atoms with E-state index in [0.29, 0.717) is 11.3 Å². The highest BCUT2D eigenvalue weighted by molar-refractivity contribution is 6.06. The van der Waals surface area contributed by atoms with E-state index in [1.165, 1.54) is 12.8 Å². The number of carbonyl (C=O) groups excluding carboxylic acids is 2. The third-order valence-corrected chi connectivity index (χ3v) is 6.52. The number of hydrogen-bond acceptors (Lipinski definition) is 2. The molecule has 1 aliphatic carbocycles. The smallest absolute Gasteiger partial charge is 0.255 e. The molecule has 0 aromatic heterocycles. The first-order valence-electron chi connectivity index (χ1n) is 11.0. The molecule has 1 N–H and O–H groups in total. The minimum absolute atomic E-state index is 0.0114. The largest absolute Gasteiger partial charge is 0.339 e. The number of benzene rings is 2. The Morgan fingerprint density at radius 2 is 1.38 bits per heavy atom. The van der Waals surface area contributed by atoms with Gasteiger partial charge in [0.05, 0.1) is 16.7 Å². The fraction of sp³-hybridized carbons (Fsp3) is 0.440. The van der Waals surface area contributed by atoms with Gasteiger partial charge in [0.25, 0.3) is 5.91 Å². The molecule has 2 aromatic rings. The van der Waals surface area contributed by atoms with Crippen LogP contribution >= 0.6 is 0 Å². The number of para-hydroxylation sites is 1. The zero-order chi connectivity index (χ0) is 20.1. The molecule has 29 heavy (non-hydrogen) atoms. The van der Waals surface area contributed by atoms with Gasteiger partial charge in [-0.3, -0.25) is 9.59 Å². The summed E-state index contributed by atoms with van der Waals surface area (Å²) in [6.07, 6.45) is 8.28. The summed E-state index contributed by atoms with van der Waals surface area (Å²) in [5.41, 5.74) is 1.81. The van der Waals surface area contributed by atoms with Gasteiger partial charge < -0.3 is 10.2 Å². The van der Waals surface area contributed by atoms with E-state index >= 15 is 0 Å². The van der Waals surface area contributed by atoms with Crippen molar-refractivity contribution in [2.24, 2.45) is 0 Å². The van der Waals surface area contributed by atoms with Crippen LogP contribution < -0.4 is 5.32 Å². The lowest BCUT2D eigenvalue weighted by Gasteiger charge is -2.29. The Bertz CT molecular complexity index is 848. The second-order valence-electron chi connectivity index (χ2n) is 8.36. The summed E-state index contributed by atoms with van der Waals surface area (Å²) in [7, 11) is 0. The highest BCUT2D eigenvalue weighted by Gasteiger charge is 2.42. The van der Waals surface area contributed by atoms with E-state index in [4.69, 9.17) is 0 Å². The zero-order valence-corrected chi connectivity index (χ0v) is 17.0. The fourth-order valence-corrected chi connectivity index (χ4v) is 4.85. The first kappa shape index (κ1) is 19.7. The molecule has 1 heterocycles. The van der Waals surface area contributed by atoms with Gasteiger partial charge in [-0.15, -0.1) is 0 Å². The molecule has 2 aromatic carbocycles. The van der Waals surface area contributed by atoms with Crippen molar-refractivity contribution < 1.29 is 9.59 Å². The molecule has 152 valence electrons. The van der Waals surface area contributed by atoms with Crippen LogP contribution in [0.5, 0.6) is 0 Å². The maximum Gasteiger partial charge on any atom is 0.255 e. The van der Waals surface area contributed by atoms with Gasteiger partial charge in [0, 0.05) is 13.1 Å². The summed E-state index contributed by atoms with van der Waals surface area (Å²) in [6.45, 7) is 1.60. The number of anilines is 1. The van der Waals surface area contributed by atoms with Crippen LogP contribution in [0, 0.1) is 0 Å². The average Bonchev–Trinajstić information content (AvgIpc) is 3.11. The lowest BCUT2D eigenvalue weighted by molar-refractivity contribution is -0.121. The molecule has 0 spiro atoms. The van der Waals surface area contributed by atoms with Gasteiger partial charge in [-0.05, 0) is 43.4 Å². The summed E-state index contributed by atoms with van der Waals surface area (Å²) in [4.78, 5) is 28.7. The molecule has 1 saturated heterocycles. The van der Waals surface area contributed by atoms with Gasteiger partial charge >= 0.3 is 0 Å². The summed E-state index contributed by atoms with van der Waals surface area (Å²) in [5, 5.41) is 3.14. The Labute approximate surface area is 173 Å². The number of rotatable bonds is 4. The highest BCUT2D eigenvalue weighted by atomic mass is 16.2. The maximum atomic E-state index is 13.5. The fourth-order valence-electron chi connectivity index (χ4n) is 4.85. The number of nitrogens with one attached hydrogen (secondary N) is 1. The predicted octanol–water partition coefficient (Wildman–Crippen LogP) is 5.15. The molecule has 4 heteroatoms. The molecule has 0 radical (unpaired) electrons. The number of nitrogens with zero attached hydrogens (tertiary/aromatic N) is 1. The van der Waals surface area contributed by atoms with E-state index in [-0.39, 0.29) is 11.8 Å². The molecule has 2 aliphatic rings. The summed E-state index contributed by atoms with van der Waals surface area (Å²) in [6, 6.07) is 17.6. The van der Waals surface area contributed by atoms with E-state index in [1.807, 2.05) is 47.4 Å². The quantitative estimate of drug-likeness (QED) is 0.784. The lowest BCUT2D eigenvalue weighted by atomic mass is 9.78. The van der Waals surface area contributed by atoms with Gasteiger partial charge in [-0.25, -0.2) is 0 Å². The van der Waals surface area contributed by atoms with E-state index < -0.39 is 5.41 Å². The van der Waals surface area contributed by atoms with Gasteiger partial charge in [0.15, 0.2) is 0 Å². The van der Waals surface area contributed by atoms with Crippen molar-refractivity contribution in [2.75, 3.05) is 18.4 Å². The van der Waals surface area contributed by atoms with E-state index in [2.05, 4.69) is 17.4 Å². The van der Waals surface area contributed by atoms with Crippen molar-refractivity contribution in [3.05, 3.63) is 65.7 Å². The van der Waals surface area contributed by atoms with E-state index in [0.717, 1.165) is 57.2 Å². The Morgan fingerprint density at radius 3 is 2.07 bits per heavy atom. The van der Waals surface area contributed by atoms with Crippen LogP contribution in [0.25, 0.3) is 0 Å². The van der Waals surface area contributed by atoms with Gasteiger partial charge in [0.2, 0.25) is 5.91 Å². The van der Waals surface area contributed by atoms with Crippen LogP contribution in [0.4, 0.5) is 5.69 Å². The molecule has 0 unspecified atom stereocenters. The number of amides is 2. The van der Waals surface area contributed by atoms with Crippen molar-refractivity contribution in [1.29, 1.82) is 0 Å². The molecule has 2 fully saturated rings. The van der Waals surface area contributed by atoms with Crippen LogP contribution in [-0.2, 0) is 10.2 Å². The minimum Gasteiger partial charge on any atom is -0.339 e. The minimum atomic E-state index is -0.500. The monoisotopic (exact) mass is 390 g/mol. The van der Waals surface area contributed by atoms with Crippen molar-refractivity contribution in [2.45, 2.75) is 56.8 Å². The van der Waals surface area contributed by atoms with Crippen LogP contribution in [0.1, 0.15) is 67.3 Å². The topological polar surface area (TPSA) is 49.4 Å². The van der Waals surface area contributed by atoms with Crippen molar-refractivity contribution in [1.82, 2.24) is 4.90 Å². The van der Waals surface area contributed by atoms with E-state index in [9.17, 15) is 9.59 Å². The molecule has 4 rings (SSSR count). The Hall–Kier alpha value is -2.62. The standard InChI is InChI=1S/C25H30N2O2/c28-23(27-18-10-1-2-11-19-27)21-14-6-7-15-22(21)26-24(29)25(16-8-9-17-25)20-12-4-3-5-13-20/h3-7,12-15H,1-2,8-11,16-19H2,(H,26,29). The molecule has 1 saturated carbocycles. The molecular formula is C25H30N2O2. The Morgan fingerprint density at radius 1 is 0.759 bits per heavy atom. The second-order valence-corrected chi connectivity index (χ2v) is 8.36. The van der Waals surface area contributed by atoms with E-state index in [1.54, 1.807) is 0 Å². The second kappa shape index (κ2) is 8.81. The van der Waals surface area contributed by atoms with Crippen molar-refractivity contribution in [3.8, 4) is 0 Å². The first-order valence-corrected chi connectivity index (χ1v) is 11.0. The molecule has 1 aliphatic heterocycles. The van der Waals surface area contributed by atoms with Gasteiger partial charge in [-0.2, -0.15) is 0 Å². The molecule has 2 amide bonds.